The second-order valence-corrected chi connectivity index (χ2v) is 4.68. The molecule has 0 aliphatic carbocycles. The molecule has 0 fully saturated rings. The third-order valence-electron chi connectivity index (χ3n) is 3.39. The van der Waals surface area contributed by atoms with Crippen LogP contribution in [0.5, 0.6) is 0 Å². The summed E-state index contributed by atoms with van der Waals surface area (Å²) in [4.78, 5) is 4.04. The third kappa shape index (κ3) is 2.33. The molecule has 0 aliphatic rings. The minimum Gasteiger partial charge on any atom is -0.263 e. The summed E-state index contributed by atoms with van der Waals surface area (Å²) in [7, 11) is 0. The number of rotatable bonds is 2. The van der Waals surface area contributed by atoms with Gasteiger partial charge in [-0.05, 0) is 12.1 Å². The number of benzene rings is 2. The van der Waals surface area contributed by atoms with Crippen molar-refractivity contribution in [2.24, 2.45) is 0 Å². The molecular formula is C18H10F2N2. The van der Waals surface area contributed by atoms with Crippen LogP contribution in [0.15, 0.2) is 60.9 Å². The van der Waals surface area contributed by atoms with Crippen LogP contribution < -0.4 is 0 Å². The highest BCUT2D eigenvalue weighted by Gasteiger charge is 2.16. The Balaban J connectivity index is 2.29. The molecule has 106 valence electrons. The summed E-state index contributed by atoms with van der Waals surface area (Å²) in [5.41, 5.74) is 1.43. The van der Waals surface area contributed by atoms with Gasteiger partial charge in [0, 0.05) is 34.6 Å². The van der Waals surface area contributed by atoms with Gasteiger partial charge in [0.15, 0.2) is 0 Å². The molecule has 0 amide bonds. The molecule has 4 heteroatoms. The number of pyridine rings is 1. The average molecular weight is 292 g/mol. The van der Waals surface area contributed by atoms with E-state index in [1.807, 2.05) is 6.07 Å². The van der Waals surface area contributed by atoms with Crippen molar-refractivity contribution < 1.29 is 8.78 Å². The fraction of sp³-hybridized carbons (Fsp3) is 0. The fourth-order valence-electron chi connectivity index (χ4n) is 2.35. The summed E-state index contributed by atoms with van der Waals surface area (Å²) in [6.45, 7) is 0. The largest absolute Gasteiger partial charge is 0.263 e. The zero-order valence-corrected chi connectivity index (χ0v) is 11.4. The molecule has 1 heterocycles. The van der Waals surface area contributed by atoms with Crippen LogP contribution >= 0.6 is 0 Å². The van der Waals surface area contributed by atoms with Crippen LogP contribution in [-0.4, -0.2) is 4.98 Å². The molecule has 0 saturated heterocycles. The number of hydrogen-bond acceptors (Lipinski definition) is 2. The average Bonchev–Trinajstić information content (AvgIpc) is 2.55. The van der Waals surface area contributed by atoms with Crippen molar-refractivity contribution in [3.05, 3.63) is 78.1 Å². The van der Waals surface area contributed by atoms with Crippen LogP contribution in [0.25, 0.3) is 22.3 Å². The minimum absolute atomic E-state index is 0.199. The van der Waals surface area contributed by atoms with Crippen molar-refractivity contribution in [3.8, 4) is 28.3 Å². The molecule has 0 atom stereocenters. The van der Waals surface area contributed by atoms with E-state index in [2.05, 4.69) is 4.98 Å². The summed E-state index contributed by atoms with van der Waals surface area (Å²) < 4.78 is 28.0. The van der Waals surface area contributed by atoms with Gasteiger partial charge in [-0.15, -0.1) is 0 Å². The van der Waals surface area contributed by atoms with Gasteiger partial charge in [0.05, 0.1) is 5.56 Å². The summed E-state index contributed by atoms with van der Waals surface area (Å²) >= 11 is 0. The van der Waals surface area contributed by atoms with E-state index < -0.39 is 11.6 Å². The molecule has 0 unspecified atom stereocenters. The molecule has 22 heavy (non-hydrogen) atoms. The van der Waals surface area contributed by atoms with Crippen molar-refractivity contribution in [2.75, 3.05) is 0 Å². The molecule has 2 nitrogen and oxygen atoms in total. The summed E-state index contributed by atoms with van der Waals surface area (Å²) in [6, 6.07) is 14.3. The van der Waals surface area contributed by atoms with Gasteiger partial charge in [-0.2, -0.15) is 5.26 Å². The molecule has 3 rings (SSSR count). The van der Waals surface area contributed by atoms with Gasteiger partial charge in [0.25, 0.3) is 0 Å². The first-order chi connectivity index (χ1) is 10.7. The molecule has 3 aromatic rings. The Labute approximate surface area is 126 Å². The highest BCUT2D eigenvalue weighted by atomic mass is 19.1. The second kappa shape index (κ2) is 5.74. The molecule has 0 saturated carbocycles. The summed E-state index contributed by atoms with van der Waals surface area (Å²) in [5.74, 6) is -0.905. The zero-order chi connectivity index (χ0) is 15.5. The lowest BCUT2D eigenvalue weighted by Gasteiger charge is -2.10. The number of aromatic nitrogens is 1. The van der Waals surface area contributed by atoms with E-state index in [0.29, 0.717) is 11.1 Å². The van der Waals surface area contributed by atoms with Crippen LogP contribution in [0.1, 0.15) is 5.56 Å². The Bertz CT molecular complexity index is 819. The van der Waals surface area contributed by atoms with Gasteiger partial charge in [-0.3, -0.25) is 4.98 Å². The molecule has 0 bridgehead atoms. The normalized spacial score (nSPS) is 10.2. The Kier molecular flexibility index (Phi) is 3.63. The van der Waals surface area contributed by atoms with Crippen molar-refractivity contribution in [3.63, 3.8) is 0 Å². The molecule has 0 N–H and O–H groups in total. The maximum absolute atomic E-state index is 14.0. The summed E-state index contributed by atoms with van der Waals surface area (Å²) in [6.07, 6.45) is 2.84. The lowest BCUT2D eigenvalue weighted by molar-refractivity contribution is 0.631. The van der Waals surface area contributed by atoms with E-state index in [4.69, 9.17) is 0 Å². The monoisotopic (exact) mass is 292 g/mol. The van der Waals surface area contributed by atoms with E-state index >= 15 is 0 Å². The first kappa shape index (κ1) is 13.9. The smallest absolute Gasteiger partial charge is 0.131 e. The number of hydrogen-bond donors (Lipinski definition) is 0. The first-order valence-corrected chi connectivity index (χ1v) is 6.60. The van der Waals surface area contributed by atoms with Gasteiger partial charge in [0.2, 0.25) is 0 Å². The predicted molar refractivity (Wildman–Crippen MR) is 79.7 cm³/mol. The van der Waals surface area contributed by atoms with Crippen LogP contribution in [0.4, 0.5) is 8.78 Å². The van der Waals surface area contributed by atoms with Crippen LogP contribution in [0.2, 0.25) is 0 Å². The minimum atomic E-state index is -0.452. The Morgan fingerprint density at radius 3 is 1.59 bits per heavy atom. The first-order valence-electron chi connectivity index (χ1n) is 6.60. The van der Waals surface area contributed by atoms with Gasteiger partial charge in [0.1, 0.15) is 17.7 Å². The zero-order valence-electron chi connectivity index (χ0n) is 11.4. The number of nitrogens with zero attached hydrogens (tertiary/aromatic N) is 2. The van der Waals surface area contributed by atoms with Crippen LogP contribution in [0, 0.1) is 23.0 Å². The molecule has 0 radical (unpaired) electrons. The van der Waals surface area contributed by atoms with E-state index in [-0.39, 0.29) is 16.7 Å². The van der Waals surface area contributed by atoms with Gasteiger partial charge < -0.3 is 0 Å². The van der Waals surface area contributed by atoms with E-state index in [1.54, 1.807) is 36.4 Å². The second-order valence-electron chi connectivity index (χ2n) is 4.68. The number of nitriles is 1. The Morgan fingerprint density at radius 2 is 1.18 bits per heavy atom. The topological polar surface area (TPSA) is 36.7 Å². The van der Waals surface area contributed by atoms with Gasteiger partial charge >= 0.3 is 0 Å². The maximum Gasteiger partial charge on any atom is 0.131 e. The maximum atomic E-state index is 14.0. The van der Waals surface area contributed by atoms with Crippen molar-refractivity contribution in [1.29, 1.82) is 5.26 Å². The van der Waals surface area contributed by atoms with Crippen molar-refractivity contribution >= 4 is 0 Å². The summed E-state index contributed by atoms with van der Waals surface area (Å²) in [5, 5.41) is 9.48. The standard InChI is InChI=1S/C18H10F2N2/c19-17-7-3-1-5-12(17)15-10-22-11-16(14(15)9-21)13-6-2-4-8-18(13)20/h1-8,10-11H. The Hall–Kier alpha value is -3.06. The SMILES string of the molecule is N#Cc1c(-c2ccccc2F)cncc1-c1ccccc1F. The molecule has 2 aromatic carbocycles. The van der Waals surface area contributed by atoms with Gasteiger partial charge in [-0.1, -0.05) is 36.4 Å². The molecule has 0 spiro atoms. The van der Waals surface area contributed by atoms with E-state index in [1.165, 1.54) is 24.5 Å². The third-order valence-corrected chi connectivity index (χ3v) is 3.39. The van der Waals surface area contributed by atoms with Crippen LogP contribution in [-0.2, 0) is 0 Å². The molecule has 1 aromatic heterocycles. The van der Waals surface area contributed by atoms with Crippen molar-refractivity contribution in [1.82, 2.24) is 4.98 Å². The fourth-order valence-corrected chi connectivity index (χ4v) is 2.35. The predicted octanol–water partition coefficient (Wildman–Crippen LogP) is 4.57. The van der Waals surface area contributed by atoms with E-state index in [0.717, 1.165) is 0 Å². The quantitative estimate of drug-likeness (QED) is 0.694. The van der Waals surface area contributed by atoms with E-state index in [9.17, 15) is 14.0 Å². The lowest BCUT2D eigenvalue weighted by atomic mass is 9.94. The number of halogens is 2. The highest BCUT2D eigenvalue weighted by molar-refractivity contribution is 5.81. The van der Waals surface area contributed by atoms with Crippen molar-refractivity contribution in [2.45, 2.75) is 0 Å². The highest BCUT2D eigenvalue weighted by Crippen LogP contribution is 2.33. The van der Waals surface area contributed by atoms with Gasteiger partial charge in [-0.25, -0.2) is 8.78 Å². The molecule has 0 aliphatic heterocycles. The molecular weight excluding hydrogens is 282 g/mol. The Morgan fingerprint density at radius 1 is 0.727 bits per heavy atom. The van der Waals surface area contributed by atoms with Crippen LogP contribution in [0.3, 0.4) is 0 Å². The lowest BCUT2D eigenvalue weighted by Crippen LogP contribution is -1.95.